The van der Waals surface area contributed by atoms with Crippen molar-refractivity contribution in [1.29, 1.82) is 0 Å². The molecule has 4 rings (SSSR count). The maximum absolute atomic E-state index is 12.9. The van der Waals surface area contributed by atoms with E-state index in [1.165, 1.54) is 44.9 Å². The van der Waals surface area contributed by atoms with E-state index in [0.29, 0.717) is 5.91 Å². The zero-order valence-electron chi connectivity index (χ0n) is 12.0. The molecular weight excluding hydrogens is 222 g/mol. The van der Waals surface area contributed by atoms with Crippen molar-refractivity contribution < 1.29 is 4.79 Å². The second kappa shape index (κ2) is 4.54. The molecule has 0 spiro atoms. The van der Waals surface area contributed by atoms with Gasteiger partial charge in [-0.2, -0.15) is 0 Å². The molecule has 0 unspecified atom stereocenters. The zero-order valence-corrected chi connectivity index (χ0v) is 12.0. The van der Waals surface area contributed by atoms with Crippen molar-refractivity contribution in [3.05, 3.63) is 0 Å². The Morgan fingerprint density at radius 2 is 1.50 bits per heavy atom. The van der Waals surface area contributed by atoms with E-state index in [4.69, 9.17) is 0 Å². The van der Waals surface area contributed by atoms with Crippen LogP contribution in [0.15, 0.2) is 0 Å². The van der Waals surface area contributed by atoms with Gasteiger partial charge in [0.1, 0.15) is 0 Å². The molecule has 0 aliphatic heterocycles. The minimum atomic E-state index is 0.0546. The number of hydrogen-bond acceptors (Lipinski definition) is 1. The maximum Gasteiger partial charge on any atom is 0.228 e. The van der Waals surface area contributed by atoms with E-state index in [0.717, 1.165) is 30.8 Å². The number of amides is 1. The van der Waals surface area contributed by atoms with Gasteiger partial charge in [0.2, 0.25) is 5.91 Å². The second-order valence-electron chi connectivity index (χ2n) is 7.02. The lowest BCUT2D eigenvalue weighted by Crippen LogP contribution is -2.50. The first kappa shape index (κ1) is 12.5. The Morgan fingerprint density at radius 3 is 2.00 bits per heavy atom. The summed E-state index contributed by atoms with van der Waals surface area (Å²) in [6.45, 7) is 6.01. The Labute approximate surface area is 111 Å². The highest BCUT2D eigenvalue weighted by Gasteiger charge is 2.53. The summed E-state index contributed by atoms with van der Waals surface area (Å²) in [5.41, 5.74) is 0.0546. The molecule has 0 radical (unpaired) electrons. The van der Waals surface area contributed by atoms with Gasteiger partial charge in [0, 0.05) is 13.1 Å². The van der Waals surface area contributed by atoms with Crippen molar-refractivity contribution in [2.75, 3.05) is 13.1 Å². The van der Waals surface area contributed by atoms with Gasteiger partial charge in [0.15, 0.2) is 0 Å². The van der Waals surface area contributed by atoms with Crippen LogP contribution in [0.5, 0.6) is 0 Å². The number of rotatable bonds is 3. The Bertz CT molecular complexity index is 318. The standard InChI is InChI=1S/C16H27NO/c1-3-17(4-2)15(18)16-9-12-5-6-13(10-16)8-14(7-12)11-16/h12-14H,3-11H2,1-2H3/t12-,13-,14?,16?/m0/s1. The monoisotopic (exact) mass is 249 g/mol. The normalized spacial score (nSPS) is 41.8. The molecule has 2 atom stereocenters. The quantitative estimate of drug-likeness (QED) is 0.750. The van der Waals surface area contributed by atoms with E-state index in [-0.39, 0.29) is 5.41 Å². The third-order valence-corrected chi connectivity index (χ3v) is 5.86. The molecule has 4 aliphatic rings. The van der Waals surface area contributed by atoms with Gasteiger partial charge in [0.05, 0.1) is 5.41 Å². The molecule has 0 N–H and O–H groups in total. The van der Waals surface area contributed by atoms with Crippen LogP contribution in [0.4, 0.5) is 0 Å². The maximum atomic E-state index is 12.9. The van der Waals surface area contributed by atoms with Gasteiger partial charge in [-0.25, -0.2) is 0 Å². The molecule has 0 heterocycles. The molecule has 2 nitrogen and oxygen atoms in total. The lowest BCUT2D eigenvalue weighted by atomic mass is 9.58. The van der Waals surface area contributed by atoms with Gasteiger partial charge in [-0.15, -0.1) is 0 Å². The fourth-order valence-corrected chi connectivity index (χ4v) is 5.30. The van der Waals surface area contributed by atoms with E-state index >= 15 is 0 Å². The number of carbonyl (C=O) groups excluding carboxylic acids is 1. The lowest BCUT2D eigenvalue weighted by Gasteiger charge is -2.48. The van der Waals surface area contributed by atoms with Crippen LogP contribution in [0.2, 0.25) is 0 Å². The molecule has 102 valence electrons. The molecule has 4 fully saturated rings. The molecule has 18 heavy (non-hydrogen) atoms. The molecule has 0 aromatic heterocycles. The lowest BCUT2D eigenvalue weighted by molar-refractivity contribution is -0.149. The predicted octanol–water partition coefficient (Wildman–Crippen LogP) is 3.46. The van der Waals surface area contributed by atoms with Crippen LogP contribution in [0.3, 0.4) is 0 Å². The minimum Gasteiger partial charge on any atom is -0.343 e. The van der Waals surface area contributed by atoms with E-state index in [9.17, 15) is 4.79 Å². The van der Waals surface area contributed by atoms with Crippen LogP contribution in [0.25, 0.3) is 0 Å². The first-order valence-electron chi connectivity index (χ1n) is 7.96. The molecule has 4 bridgehead atoms. The van der Waals surface area contributed by atoms with E-state index in [2.05, 4.69) is 18.7 Å². The van der Waals surface area contributed by atoms with Crippen molar-refractivity contribution in [2.45, 2.75) is 58.8 Å². The first-order chi connectivity index (χ1) is 8.66. The summed E-state index contributed by atoms with van der Waals surface area (Å²) in [6, 6.07) is 0. The topological polar surface area (TPSA) is 20.3 Å². The average molecular weight is 249 g/mol. The van der Waals surface area contributed by atoms with Gasteiger partial charge in [-0.1, -0.05) is 12.8 Å². The molecule has 4 saturated carbocycles. The van der Waals surface area contributed by atoms with E-state index in [1.54, 1.807) is 0 Å². The fraction of sp³-hybridized carbons (Fsp3) is 0.938. The molecular formula is C16H27NO. The van der Waals surface area contributed by atoms with Crippen molar-refractivity contribution in [2.24, 2.45) is 23.2 Å². The zero-order chi connectivity index (χ0) is 12.8. The first-order valence-corrected chi connectivity index (χ1v) is 7.96. The highest BCUT2D eigenvalue weighted by Crippen LogP contribution is 2.58. The molecule has 2 heteroatoms. The van der Waals surface area contributed by atoms with Crippen molar-refractivity contribution in [1.82, 2.24) is 4.90 Å². The third kappa shape index (κ3) is 1.88. The van der Waals surface area contributed by atoms with Crippen LogP contribution in [-0.4, -0.2) is 23.9 Å². The summed E-state index contributed by atoms with van der Waals surface area (Å²) in [5, 5.41) is 0. The van der Waals surface area contributed by atoms with E-state index in [1.807, 2.05) is 0 Å². The van der Waals surface area contributed by atoms with Crippen LogP contribution >= 0.6 is 0 Å². The summed E-state index contributed by atoms with van der Waals surface area (Å²) in [4.78, 5) is 15.0. The van der Waals surface area contributed by atoms with E-state index < -0.39 is 0 Å². The highest BCUT2D eigenvalue weighted by atomic mass is 16.2. The van der Waals surface area contributed by atoms with Gasteiger partial charge in [-0.3, -0.25) is 4.79 Å². The van der Waals surface area contributed by atoms with Gasteiger partial charge < -0.3 is 4.90 Å². The number of fused-ring (bicyclic) bond motifs is 1. The number of hydrogen-bond donors (Lipinski definition) is 0. The Morgan fingerprint density at radius 1 is 1.00 bits per heavy atom. The number of carbonyl (C=O) groups is 1. The SMILES string of the molecule is CCN(CC)C(=O)C12CC3C[C@H](CC[C@@H](C3)C1)C2. The third-order valence-electron chi connectivity index (χ3n) is 5.86. The highest BCUT2D eigenvalue weighted by molar-refractivity contribution is 5.83. The van der Waals surface area contributed by atoms with Crippen molar-refractivity contribution >= 4 is 5.91 Å². The molecule has 0 aromatic carbocycles. The molecule has 0 aromatic rings. The van der Waals surface area contributed by atoms with Gasteiger partial charge in [-0.05, 0) is 63.7 Å². The average Bonchev–Trinajstić information content (AvgIpc) is 2.57. The minimum absolute atomic E-state index is 0.0546. The summed E-state index contributed by atoms with van der Waals surface area (Å²) in [6.07, 6.45) is 9.25. The van der Waals surface area contributed by atoms with Crippen LogP contribution in [-0.2, 0) is 4.79 Å². The molecule has 4 aliphatic carbocycles. The van der Waals surface area contributed by atoms with Crippen LogP contribution < -0.4 is 0 Å². The Balaban J connectivity index is 1.87. The van der Waals surface area contributed by atoms with Gasteiger partial charge in [0.25, 0.3) is 0 Å². The fourth-order valence-electron chi connectivity index (χ4n) is 5.30. The largest absolute Gasteiger partial charge is 0.343 e. The summed E-state index contributed by atoms with van der Waals surface area (Å²) in [5.74, 6) is 3.07. The van der Waals surface area contributed by atoms with Crippen LogP contribution in [0, 0.1) is 23.2 Å². The van der Waals surface area contributed by atoms with Crippen molar-refractivity contribution in [3.63, 3.8) is 0 Å². The Kier molecular flexibility index (Phi) is 3.15. The smallest absolute Gasteiger partial charge is 0.228 e. The molecule has 0 saturated heterocycles. The number of nitrogens with zero attached hydrogens (tertiary/aromatic N) is 1. The second-order valence-corrected chi connectivity index (χ2v) is 7.02. The predicted molar refractivity (Wildman–Crippen MR) is 73.2 cm³/mol. The molecule has 1 amide bonds. The van der Waals surface area contributed by atoms with Crippen LogP contribution in [0.1, 0.15) is 58.8 Å². The Hall–Kier alpha value is -0.530. The summed E-state index contributed by atoms with van der Waals surface area (Å²) in [7, 11) is 0. The summed E-state index contributed by atoms with van der Waals surface area (Å²) < 4.78 is 0. The summed E-state index contributed by atoms with van der Waals surface area (Å²) >= 11 is 0. The van der Waals surface area contributed by atoms with Crippen molar-refractivity contribution in [3.8, 4) is 0 Å². The van der Waals surface area contributed by atoms with Gasteiger partial charge >= 0.3 is 0 Å².